The summed E-state index contributed by atoms with van der Waals surface area (Å²) in [5.41, 5.74) is 4.40. The average molecular weight is 413 g/mol. The molecule has 31 heavy (non-hydrogen) atoms. The van der Waals surface area contributed by atoms with Crippen molar-refractivity contribution in [3.8, 4) is 11.5 Å². The number of allylic oxidation sites excluding steroid dienone is 2. The Hall–Kier alpha value is -3.33. The quantitative estimate of drug-likeness (QED) is 0.484. The summed E-state index contributed by atoms with van der Waals surface area (Å²) in [6.07, 6.45) is 5.05. The van der Waals surface area contributed by atoms with Crippen LogP contribution in [0.1, 0.15) is 36.0 Å². The van der Waals surface area contributed by atoms with Gasteiger partial charge in [-0.15, -0.1) is 0 Å². The number of hydrogen-bond donors (Lipinski definition) is 0. The molecule has 1 aliphatic rings. The van der Waals surface area contributed by atoms with E-state index in [0.717, 1.165) is 30.4 Å². The van der Waals surface area contributed by atoms with Crippen LogP contribution >= 0.6 is 0 Å². The second kappa shape index (κ2) is 9.22. The molecular formula is C28H28O3. The van der Waals surface area contributed by atoms with E-state index in [2.05, 4.69) is 66.7 Å². The van der Waals surface area contributed by atoms with Crippen LogP contribution in [0.5, 0.6) is 11.5 Å². The van der Waals surface area contributed by atoms with Gasteiger partial charge in [0.05, 0.1) is 14.2 Å². The molecule has 0 spiro atoms. The van der Waals surface area contributed by atoms with Crippen LogP contribution in [0.4, 0.5) is 0 Å². The highest BCUT2D eigenvalue weighted by molar-refractivity contribution is 5.97. The number of carbonyl (C=O) groups excluding carboxylic acids is 1. The van der Waals surface area contributed by atoms with Crippen molar-refractivity contribution in [2.24, 2.45) is 0 Å². The first kappa shape index (κ1) is 20.9. The van der Waals surface area contributed by atoms with Gasteiger partial charge in [0.1, 0.15) is 0 Å². The second-order valence-corrected chi connectivity index (χ2v) is 8.04. The zero-order chi connectivity index (χ0) is 21.7. The predicted molar refractivity (Wildman–Crippen MR) is 124 cm³/mol. The molecule has 3 aromatic carbocycles. The first-order chi connectivity index (χ1) is 15.2. The number of methoxy groups -OCH3 is 2. The average Bonchev–Trinajstić information content (AvgIpc) is 2.85. The van der Waals surface area contributed by atoms with Crippen LogP contribution in [0.3, 0.4) is 0 Å². The lowest BCUT2D eigenvalue weighted by molar-refractivity contribution is -0.115. The van der Waals surface area contributed by atoms with E-state index in [9.17, 15) is 4.79 Å². The molecule has 4 rings (SSSR count). The highest BCUT2D eigenvalue weighted by Crippen LogP contribution is 2.44. The third-order valence-electron chi connectivity index (χ3n) is 6.34. The van der Waals surface area contributed by atoms with Gasteiger partial charge in [-0.25, -0.2) is 0 Å². The number of ether oxygens (including phenoxy) is 2. The third kappa shape index (κ3) is 4.27. The van der Waals surface area contributed by atoms with Crippen LogP contribution in [-0.2, 0) is 16.6 Å². The topological polar surface area (TPSA) is 35.5 Å². The first-order valence-corrected chi connectivity index (χ1v) is 10.7. The maximum absolute atomic E-state index is 13.1. The van der Waals surface area contributed by atoms with E-state index in [1.807, 2.05) is 18.2 Å². The lowest BCUT2D eigenvalue weighted by atomic mass is 9.65. The highest BCUT2D eigenvalue weighted by atomic mass is 16.5. The van der Waals surface area contributed by atoms with Crippen LogP contribution in [-0.4, -0.2) is 20.0 Å². The Labute approximate surface area is 184 Å². The Morgan fingerprint density at radius 1 is 0.839 bits per heavy atom. The van der Waals surface area contributed by atoms with Gasteiger partial charge >= 0.3 is 0 Å². The summed E-state index contributed by atoms with van der Waals surface area (Å²) in [4.78, 5) is 13.1. The van der Waals surface area contributed by atoms with E-state index in [1.54, 1.807) is 14.2 Å². The summed E-state index contributed by atoms with van der Waals surface area (Å²) in [6, 6.07) is 27.0. The molecule has 0 radical (unpaired) electrons. The van der Waals surface area contributed by atoms with Crippen molar-refractivity contribution in [2.45, 2.75) is 31.1 Å². The molecule has 0 unspecified atom stereocenters. The Morgan fingerprint density at radius 3 is 1.97 bits per heavy atom. The molecule has 3 nitrogen and oxygen atoms in total. The summed E-state index contributed by atoms with van der Waals surface area (Å²) in [5.74, 6) is 1.51. The van der Waals surface area contributed by atoms with Gasteiger partial charge in [-0.05, 0) is 53.7 Å². The maximum Gasteiger partial charge on any atom is 0.162 e. The van der Waals surface area contributed by atoms with Crippen molar-refractivity contribution in [3.63, 3.8) is 0 Å². The van der Waals surface area contributed by atoms with Gasteiger partial charge < -0.3 is 9.47 Å². The van der Waals surface area contributed by atoms with E-state index in [4.69, 9.17) is 9.47 Å². The van der Waals surface area contributed by atoms with Crippen molar-refractivity contribution >= 4 is 5.78 Å². The molecule has 0 aromatic heterocycles. The molecule has 0 heterocycles. The normalized spacial score (nSPS) is 15.1. The summed E-state index contributed by atoms with van der Waals surface area (Å²) in [7, 11) is 3.22. The zero-order valence-electron chi connectivity index (χ0n) is 18.1. The Morgan fingerprint density at radius 2 is 1.45 bits per heavy atom. The van der Waals surface area contributed by atoms with Gasteiger partial charge in [-0.1, -0.05) is 72.8 Å². The minimum atomic E-state index is -0.0877. The Bertz CT molecular complexity index is 1030. The molecule has 0 N–H and O–H groups in total. The van der Waals surface area contributed by atoms with E-state index in [-0.39, 0.29) is 11.2 Å². The SMILES string of the molecule is COc1ccc(CC(=O)C2=CCC(c3ccccc3)(c3ccccc3)CC2)cc1OC. The second-order valence-electron chi connectivity index (χ2n) is 8.04. The van der Waals surface area contributed by atoms with Gasteiger partial charge in [-0.3, -0.25) is 4.79 Å². The van der Waals surface area contributed by atoms with E-state index >= 15 is 0 Å². The molecule has 1 aliphatic carbocycles. The summed E-state index contributed by atoms with van der Waals surface area (Å²) >= 11 is 0. The predicted octanol–water partition coefficient (Wildman–Crippen LogP) is 5.91. The van der Waals surface area contributed by atoms with Gasteiger partial charge in [0.2, 0.25) is 0 Å². The molecule has 0 fully saturated rings. The smallest absolute Gasteiger partial charge is 0.162 e. The fourth-order valence-corrected chi connectivity index (χ4v) is 4.60. The van der Waals surface area contributed by atoms with Crippen LogP contribution in [0.15, 0.2) is 90.5 Å². The standard InChI is InChI=1S/C28H28O3/c1-30-26-14-13-21(20-27(26)31-2)19-25(29)22-15-17-28(18-16-22,23-9-5-3-6-10-23)24-11-7-4-8-12-24/h3-15,20H,16-19H2,1-2H3. The highest BCUT2D eigenvalue weighted by Gasteiger charge is 2.36. The number of carbonyl (C=O) groups is 1. The monoisotopic (exact) mass is 412 g/mol. The van der Waals surface area contributed by atoms with Crippen LogP contribution in [0.25, 0.3) is 0 Å². The summed E-state index contributed by atoms with van der Waals surface area (Å²) in [6.45, 7) is 0. The lowest BCUT2D eigenvalue weighted by Gasteiger charge is -2.37. The molecule has 3 heteroatoms. The minimum Gasteiger partial charge on any atom is -0.493 e. The Balaban J connectivity index is 1.58. The molecule has 0 saturated heterocycles. The van der Waals surface area contributed by atoms with Crippen LogP contribution in [0.2, 0.25) is 0 Å². The van der Waals surface area contributed by atoms with E-state index in [0.29, 0.717) is 17.9 Å². The van der Waals surface area contributed by atoms with Crippen molar-refractivity contribution in [3.05, 3.63) is 107 Å². The van der Waals surface area contributed by atoms with Gasteiger partial charge in [0.25, 0.3) is 0 Å². The third-order valence-corrected chi connectivity index (χ3v) is 6.34. The van der Waals surface area contributed by atoms with E-state index < -0.39 is 0 Å². The van der Waals surface area contributed by atoms with Crippen molar-refractivity contribution in [1.29, 1.82) is 0 Å². The lowest BCUT2D eigenvalue weighted by Crippen LogP contribution is -2.31. The fraction of sp³-hybridized carbons (Fsp3) is 0.250. The first-order valence-electron chi connectivity index (χ1n) is 10.7. The number of ketones is 1. The molecule has 0 saturated carbocycles. The van der Waals surface area contributed by atoms with E-state index in [1.165, 1.54) is 11.1 Å². The molecule has 0 aliphatic heterocycles. The van der Waals surface area contributed by atoms with Gasteiger partial charge in [0.15, 0.2) is 17.3 Å². The number of rotatable bonds is 7. The zero-order valence-corrected chi connectivity index (χ0v) is 18.1. The Kier molecular flexibility index (Phi) is 6.22. The van der Waals surface area contributed by atoms with Gasteiger partial charge in [0, 0.05) is 11.8 Å². The molecule has 0 bridgehead atoms. The van der Waals surface area contributed by atoms with Gasteiger partial charge in [-0.2, -0.15) is 0 Å². The largest absolute Gasteiger partial charge is 0.493 e. The van der Waals surface area contributed by atoms with Crippen molar-refractivity contribution < 1.29 is 14.3 Å². The molecular weight excluding hydrogens is 384 g/mol. The number of hydrogen-bond acceptors (Lipinski definition) is 3. The maximum atomic E-state index is 13.1. The van der Waals surface area contributed by atoms with Crippen molar-refractivity contribution in [2.75, 3.05) is 14.2 Å². The number of benzene rings is 3. The molecule has 0 amide bonds. The van der Waals surface area contributed by atoms with Crippen LogP contribution < -0.4 is 9.47 Å². The molecule has 0 atom stereocenters. The number of Topliss-reactive ketones (excluding diaryl/α,β-unsaturated/α-hetero) is 1. The fourth-order valence-electron chi connectivity index (χ4n) is 4.60. The van der Waals surface area contributed by atoms with Crippen LogP contribution in [0, 0.1) is 0 Å². The summed E-state index contributed by atoms with van der Waals surface area (Å²) in [5, 5.41) is 0. The molecule has 158 valence electrons. The van der Waals surface area contributed by atoms with Crippen molar-refractivity contribution in [1.82, 2.24) is 0 Å². The minimum absolute atomic E-state index is 0.0877. The molecule has 3 aromatic rings. The summed E-state index contributed by atoms with van der Waals surface area (Å²) < 4.78 is 10.7.